The van der Waals surface area contributed by atoms with E-state index in [1.807, 2.05) is 36.4 Å². The number of amides is 1. The zero-order chi connectivity index (χ0) is 14.0. The molecule has 1 amide bonds. The Labute approximate surface area is 120 Å². The van der Waals surface area contributed by atoms with E-state index in [0.29, 0.717) is 11.8 Å². The molecule has 3 aliphatic rings. The van der Waals surface area contributed by atoms with Crippen LogP contribution < -0.4 is 11.1 Å². The Bertz CT molecular complexity index is 503. The van der Waals surface area contributed by atoms with Gasteiger partial charge in [-0.2, -0.15) is 0 Å². The van der Waals surface area contributed by atoms with E-state index >= 15 is 0 Å². The molecule has 0 spiro atoms. The summed E-state index contributed by atoms with van der Waals surface area (Å²) in [6.07, 6.45) is 9.22. The molecular weight excluding hydrogens is 248 g/mol. The first-order valence-electron chi connectivity index (χ1n) is 7.50. The van der Waals surface area contributed by atoms with E-state index in [1.165, 1.54) is 12.8 Å². The molecule has 3 fully saturated rings. The van der Waals surface area contributed by atoms with Gasteiger partial charge in [0.15, 0.2) is 0 Å². The van der Waals surface area contributed by atoms with Crippen LogP contribution in [0.5, 0.6) is 0 Å². The van der Waals surface area contributed by atoms with Crippen LogP contribution in [0.15, 0.2) is 36.4 Å². The lowest BCUT2D eigenvalue weighted by Gasteiger charge is -2.49. The SMILES string of the molecule is NC1(NC(=O)/C=C/c2ccccc2)CC2CCC1CC2. The van der Waals surface area contributed by atoms with Crippen LogP contribution in [0.3, 0.4) is 0 Å². The van der Waals surface area contributed by atoms with Gasteiger partial charge in [0.1, 0.15) is 0 Å². The third kappa shape index (κ3) is 2.78. The first-order valence-corrected chi connectivity index (χ1v) is 7.50. The molecule has 1 aromatic carbocycles. The molecule has 1 atom stereocenters. The molecule has 1 unspecified atom stereocenters. The van der Waals surface area contributed by atoms with Gasteiger partial charge >= 0.3 is 0 Å². The van der Waals surface area contributed by atoms with Crippen LogP contribution >= 0.6 is 0 Å². The van der Waals surface area contributed by atoms with Gasteiger partial charge < -0.3 is 11.1 Å². The number of carbonyl (C=O) groups excluding carboxylic acids is 1. The number of hydrogen-bond acceptors (Lipinski definition) is 2. The molecular formula is C17H22N2O. The molecule has 3 N–H and O–H groups in total. The maximum absolute atomic E-state index is 12.1. The fraction of sp³-hybridized carbons (Fsp3) is 0.471. The summed E-state index contributed by atoms with van der Waals surface area (Å²) in [5.74, 6) is 1.06. The average Bonchev–Trinajstić information content (AvgIpc) is 2.47. The first kappa shape index (κ1) is 13.4. The van der Waals surface area contributed by atoms with Crippen molar-refractivity contribution in [2.24, 2.45) is 17.6 Å². The highest BCUT2D eigenvalue weighted by molar-refractivity contribution is 5.92. The molecule has 0 radical (unpaired) electrons. The fourth-order valence-electron chi connectivity index (χ4n) is 3.69. The lowest BCUT2D eigenvalue weighted by molar-refractivity contribution is -0.120. The molecule has 4 rings (SSSR count). The van der Waals surface area contributed by atoms with Crippen molar-refractivity contribution in [3.8, 4) is 0 Å². The molecule has 3 heteroatoms. The van der Waals surface area contributed by atoms with Gasteiger partial charge in [0.05, 0.1) is 5.66 Å². The minimum atomic E-state index is -0.487. The van der Waals surface area contributed by atoms with Gasteiger partial charge in [-0.15, -0.1) is 0 Å². The fourth-order valence-corrected chi connectivity index (χ4v) is 3.69. The van der Waals surface area contributed by atoms with E-state index in [4.69, 9.17) is 5.73 Å². The topological polar surface area (TPSA) is 55.1 Å². The molecule has 1 aromatic rings. The van der Waals surface area contributed by atoms with Crippen molar-refractivity contribution < 1.29 is 4.79 Å². The highest BCUT2D eigenvalue weighted by Crippen LogP contribution is 2.44. The molecule has 106 valence electrons. The van der Waals surface area contributed by atoms with Crippen molar-refractivity contribution in [3.63, 3.8) is 0 Å². The number of nitrogens with one attached hydrogen (secondary N) is 1. The normalized spacial score (nSPS) is 32.5. The van der Waals surface area contributed by atoms with Crippen molar-refractivity contribution in [3.05, 3.63) is 42.0 Å². The second kappa shape index (κ2) is 5.41. The second-order valence-corrected chi connectivity index (χ2v) is 6.20. The molecule has 0 aliphatic heterocycles. The van der Waals surface area contributed by atoms with Gasteiger partial charge in [-0.1, -0.05) is 30.3 Å². The van der Waals surface area contributed by atoms with E-state index in [-0.39, 0.29) is 5.91 Å². The smallest absolute Gasteiger partial charge is 0.245 e. The largest absolute Gasteiger partial charge is 0.334 e. The van der Waals surface area contributed by atoms with Crippen LogP contribution in [0.4, 0.5) is 0 Å². The number of benzene rings is 1. The molecule has 2 bridgehead atoms. The number of hydrogen-bond donors (Lipinski definition) is 2. The van der Waals surface area contributed by atoms with Crippen LogP contribution in [0.25, 0.3) is 6.08 Å². The van der Waals surface area contributed by atoms with Crippen LogP contribution in [0.2, 0.25) is 0 Å². The van der Waals surface area contributed by atoms with Gasteiger partial charge in [-0.25, -0.2) is 0 Å². The van der Waals surface area contributed by atoms with Gasteiger partial charge in [-0.3, -0.25) is 4.79 Å². The van der Waals surface area contributed by atoms with E-state index in [2.05, 4.69) is 5.32 Å². The molecule has 20 heavy (non-hydrogen) atoms. The van der Waals surface area contributed by atoms with Crippen LogP contribution in [0, 0.1) is 11.8 Å². The van der Waals surface area contributed by atoms with Crippen molar-refractivity contribution >= 4 is 12.0 Å². The lowest BCUT2D eigenvalue weighted by Crippen LogP contribution is -2.64. The quantitative estimate of drug-likeness (QED) is 0.655. The number of nitrogens with two attached hydrogens (primary N) is 1. The molecule has 0 heterocycles. The summed E-state index contributed by atoms with van der Waals surface area (Å²) in [6, 6.07) is 9.84. The second-order valence-electron chi connectivity index (χ2n) is 6.20. The molecule has 3 nitrogen and oxygen atoms in total. The van der Waals surface area contributed by atoms with Crippen LogP contribution in [-0.4, -0.2) is 11.6 Å². The predicted octanol–water partition coefficient (Wildman–Crippen LogP) is 2.68. The summed E-state index contributed by atoms with van der Waals surface area (Å²) in [6.45, 7) is 0. The number of rotatable bonds is 3. The minimum Gasteiger partial charge on any atom is -0.334 e. The number of fused-ring (bicyclic) bond motifs is 3. The Hall–Kier alpha value is -1.61. The molecule has 0 saturated heterocycles. The third-order valence-corrected chi connectivity index (χ3v) is 4.78. The summed E-state index contributed by atoms with van der Waals surface area (Å²) in [4.78, 5) is 12.1. The van der Waals surface area contributed by atoms with E-state index in [1.54, 1.807) is 6.08 Å². The number of carbonyl (C=O) groups is 1. The summed E-state index contributed by atoms with van der Waals surface area (Å²) >= 11 is 0. The maximum atomic E-state index is 12.1. The van der Waals surface area contributed by atoms with Crippen LogP contribution in [-0.2, 0) is 4.79 Å². The molecule has 3 saturated carbocycles. The van der Waals surface area contributed by atoms with Gasteiger partial charge in [0.25, 0.3) is 0 Å². The Morgan fingerprint density at radius 3 is 2.50 bits per heavy atom. The molecule has 0 aromatic heterocycles. The Kier molecular flexibility index (Phi) is 3.62. The predicted molar refractivity (Wildman–Crippen MR) is 80.6 cm³/mol. The highest BCUT2D eigenvalue weighted by atomic mass is 16.1. The van der Waals surface area contributed by atoms with Gasteiger partial charge in [0, 0.05) is 6.08 Å². The van der Waals surface area contributed by atoms with Crippen molar-refractivity contribution in [2.45, 2.75) is 37.8 Å². The highest BCUT2D eigenvalue weighted by Gasteiger charge is 2.45. The minimum absolute atomic E-state index is 0.0797. The summed E-state index contributed by atoms with van der Waals surface area (Å²) in [5, 5.41) is 3.05. The standard InChI is InChI=1S/C17H22N2O/c18-17(12-14-6-9-15(17)10-7-14)19-16(20)11-8-13-4-2-1-3-5-13/h1-5,8,11,14-15H,6-7,9-10,12,18H2,(H,19,20)/b11-8+. The van der Waals surface area contributed by atoms with Crippen LogP contribution in [0.1, 0.15) is 37.7 Å². The third-order valence-electron chi connectivity index (χ3n) is 4.78. The van der Waals surface area contributed by atoms with E-state index in [9.17, 15) is 4.79 Å². The zero-order valence-corrected chi connectivity index (χ0v) is 11.7. The Morgan fingerprint density at radius 2 is 1.90 bits per heavy atom. The molecule has 3 aliphatic carbocycles. The van der Waals surface area contributed by atoms with E-state index in [0.717, 1.165) is 24.8 Å². The Balaban J connectivity index is 1.63. The summed E-state index contributed by atoms with van der Waals surface area (Å²) < 4.78 is 0. The zero-order valence-electron chi connectivity index (χ0n) is 11.7. The summed E-state index contributed by atoms with van der Waals surface area (Å²) in [5.41, 5.74) is 6.99. The van der Waals surface area contributed by atoms with Crippen molar-refractivity contribution in [2.75, 3.05) is 0 Å². The van der Waals surface area contributed by atoms with E-state index < -0.39 is 5.66 Å². The van der Waals surface area contributed by atoms with Gasteiger partial charge in [0.2, 0.25) is 5.91 Å². The average molecular weight is 270 g/mol. The maximum Gasteiger partial charge on any atom is 0.245 e. The Morgan fingerprint density at radius 1 is 1.20 bits per heavy atom. The monoisotopic (exact) mass is 270 g/mol. The van der Waals surface area contributed by atoms with Gasteiger partial charge in [-0.05, 0) is 55.6 Å². The van der Waals surface area contributed by atoms with Crippen molar-refractivity contribution in [1.29, 1.82) is 0 Å². The van der Waals surface area contributed by atoms with Crippen molar-refractivity contribution in [1.82, 2.24) is 5.32 Å². The summed E-state index contributed by atoms with van der Waals surface area (Å²) in [7, 11) is 0. The lowest BCUT2D eigenvalue weighted by atomic mass is 9.64. The first-order chi connectivity index (χ1) is 9.66.